The Kier molecular flexibility index (Phi) is 4.19. The molecular weight excluding hydrogens is 405 g/mol. The summed E-state index contributed by atoms with van der Waals surface area (Å²) in [5.74, 6) is 0. The van der Waals surface area contributed by atoms with Crippen LogP contribution in [0.2, 0.25) is 0 Å². The number of nitrogens with zero attached hydrogens (tertiary/aromatic N) is 3. The van der Waals surface area contributed by atoms with Gasteiger partial charge in [0.25, 0.3) is 10.0 Å². The van der Waals surface area contributed by atoms with Gasteiger partial charge in [-0.3, -0.25) is 14.0 Å². The lowest BCUT2D eigenvalue weighted by atomic mass is 10.2. The van der Waals surface area contributed by atoms with Crippen molar-refractivity contribution in [3.05, 3.63) is 66.2 Å². The first-order valence-electron chi connectivity index (χ1n) is 8.40. The highest BCUT2D eigenvalue weighted by Gasteiger charge is 2.30. The lowest BCUT2D eigenvalue weighted by Crippen LogP contribution is -2.08. The molecule has 0 radical (unpaired) electrons. The Morgan fingerprint density at radius 3 is 2.41 bits per heavy atom. The summed E-state index contributed by atoms with van der Waals surface area (Å²) in [6.45, 7) is 3.26. The molecule has 0 atom stereocenters. The monoisotopic (exact) mass is 420 g/mol. The van der Waals surface area contributed by atoms with Gasteiger partial charge in [-0.25, -0.2) is 8.42 Å². The number of sulfonamides is 1. The highest BCUT2D eigenvalue weighted by atomic mass is 32.2. The van der Waals surface area contributed by atoms with Crippen molar-refractivity contribution in [1.29, 1.82) is 0 Å². The van der Waals surface area contributed by atoms with Crippen LogP contribution in [-0.4, -0.2) is 22.8 Å². The van der Waals surface area contributed by atoms with Gasteiger partial charge in [0.15, 0.2) is 5.65 Å². The van der Waals surface area contributed by atoms with E-state index in [1.54, 1.807) is 40.7 Å². The van der Waals surface area contributed by atoms with E-state index in [0.717, 1.165) is 22.9 Å². The van der Waals surface area contributed by atoms with Crippen molar-refractivity contribution < 1.29 is 21.6 Å². The molecule has 2 aromatic carbocycles. The average Bonchev–Trinajstić information content (AvgIpc) is 3.16. The third kappa shape index (κ3) is 3.35. The molecule has 0 aliphatic rings. The smallest absolute Gasteiger partial charge is 0.292 e. The van der Waals surface area contributed by atoms with E-state index in [1.165, 1.54) is 12.1 Å². The minimum Gasteiger partial charge on any atom is -0.292 e. The van der Waals surface area contributed by atoms with Crippen molar-refractivity contribution in [2.24, 2.45) is 7.05 Å². The van der Waals surface area contributed by atoms with E-state index >= 15 is 0 Å². The summed E-state index contributed by atoms with van der Waals surface area (Å²) < 4.78 is 67.9. The molecule has 6 nitrogen and oxygen atoms in total. The van der Waals surface area contributed by atoms with Crippen LogP contribution >= 0.6 is 0 Å². The number of hydrogen-bond acceptors (Lipinski definition) is 3. The molecule has 0 amide bonds. The SMILES string of the molecule is C=CS(=O)(=O)Nc1ccc2c(c1)c1cn(C)nc1n2-c1ccc(C(F)(F)F)cc1. The number of alkyl halides is 3. The summed E-state index contributed by atoms with van der Waals surface area (Å²) in [6, 6.07) is 9.71. The number of nitrogens with one attached hydrogen (secondary N) is 1. The second-order valence-electron chi connectivity index (χ2n) is 6.47. The molecule has 0 fully saturated rings. The van der Waals surface area contributed by atoms with Crippen molar-refractivity contribution in [2.45, 2.75) is 6.18 Å². The lowest BCUT2D eigenvalue weighted by molar-refractivity contribution is -0.137. The fraction of sp³-hybridized carbons (Fsp3) is 0.105. The van der Waals surface area contributed by atoms with Gasteiger partial charge in [-0.1, -0.05) is 6.58 Å². The summed E-state index contributed by atoms with van der Waals surface area (Å²) in [7, 11) is -1.94. The van der Waals surface area contributed by atoms with Crippen molar-refractivity contribution in [2.75, 3.05) is 4.72 Å². The minimum absolute atomic E-state index is 0.340. The fourth-order valence-corrected chi connectivity index (χ4v) is 3.76. The summed E-state index contributed by atoms with van der Waals surface area (Å²) in [4.78, 5) is 0. The largest absolute Gasteiger partial charge is 0.416 e. The molecule has 0 saturated carbocycles. The Hall–Kier alpha value is -3.27. The van der Waals surface area contributed by atoms with E-state index in [1.807, 2.05) is 0 Å². The molecule has 29 heavy (non-hydrogen) atoms. The predicted octanol–water partition coefficient (Wildman–Crippen LogP) is 4.42. The van der Waals surface area contributed by atoms with Crippen LogP contribution in [-0.2, 0) is 23.2 Å². The fourth-order valence-electron chi connectivity index (χ4n) is 3.22. The molecule has 0 aliphatic carbocycles. The maximum Gasteiger partial charge on any atom is 0.416 e. The van der Waals surface area contributed by atoms with Crippen LogP contribution in [0.3, 0.4) is 0 Å². The zero-order chi connectivity index (χ0) is 21.0. The van der Waals surface area contributed by atoms with E-state index in [0.29, 0.717) is 27.9 Å². The van der Waals surface area contributed by atoms with Gasteiger partial charge in [0.2, 0.25) is 0 Å². The van der Waals surface area contributed by atoms with Crippen LogP contribution in [0, 0.1) is 0 Å². The molecule has 2 heterocycles. The molecule has 2 aromatic heterocycles. The van der Waals surface area contributed by atoms with Gasteiger partial charge in [-0.05, 0) is 42.5 Å². The van der Waals surface area contributed by atoms with E-state index < -0.39 is 21.8 Å². The van der Waals surface area contributed by atoms with Gasteiger partial charge in [-0.15, -0.1) is 0 Å². The first-order chi connectivity index (χ1) is 13.6. The molecule has 1 N–H and O–H groups in total. The maximum absolute atomic E-state index is 12.9. The number of aryl methyl sites for hydroxylation is 1. The second-order valence-corrected chi connectivity index (χ2v) is 8.09. The van der Waals surface area contributed by atoms with E-state index in [4.69, 9.17) is 0 Å². The number of anilines is 1. The molecule has 0 aliphatic heterocycles. The number of hydrogen-bond donors (Lipinski definition) is 1. The zero-order valence-corrected chi connectivity index (χ0v) is 15.9. The van der Waals surface area contributed by atoms with Crippen LogP contribution in [0.15, 0.2) is 60.6 Å². The second kappa shape index (κ2) is 6.38. The van der Waals surface area contributed by atoms with Crippen molar-refractivity contribution in [3.63, 3.8) is 0 Å². The molecule has 4 aromatic rings. The van der Waals surface area contributed by atoms with Gasteiger partial charge in [-0.2, -0.15) is 18.3 Å². The van der Waals surface area contributed by atoms with Crippen LogP contribution in [0.4, 0.5) is 18.9 Å². The lowest BCUT2D eigenvalue weighted by Gasteiger charge is -2.10. The number of aromatic nitrogens is 3. The zero-order valence-electron chi connectivity index (χ0n) is 15.1. The van der Waals surface area contributed by atoms with Gasteiger partial charge >= 0.3 is 6.18 Å². The topological polar surface area (TPSA) is 68.9 Å². The summed E-state index contributed by atoms with van der Waals surface area (Å²) >= 11 is 0. The van der Waals surface area contributed by atoms with Gasteiger partial charge < -0.3 is 0 Å². The summed E-state index contributed by atoms with van der Waals surface area (Å²) in [5.41, 5.74) is 1.34. The van der Waals surface area contributed by atoms with Crippen LogP contribution in [0.5, 0.6) is 0 Å². The van der Waals surface area contributed by atoms with Gasteiger partial charge in [0.1, 0.15) is 0 Å². The first-order valence-corrected chi connectivity index (χ1v) is 9.94. The van der Waals surface area contributed by atoms with E-state index in [2.05, 4.69) is 16.4 Å². The van der Waals surface area contributed by atoms with E-state index in [-0.39, 0.29) is 0 Å². The highest BCUT2D eigenvalue weighted by molar-refractivity contribution is 7.95. The number of benzene rings is 2. The Morgan fingerprint density at radius 2 is 1.79 bits per heavy atom. The van der Waals surface area contributed by atoms with Crippen molar-refractivity contribution >= 4 is 37.6 Å². The normalized spacial score (nSPS) is 12.6. The van der Waals surface area contributed by atoms with Gasteiger partial charge in [0.05, 0.1) is 11.1 Å². The number of halogens is 3. The predicted molar refractivity (Wildman–Crippen MR) is 105 cm³/mol. The molecule has 4 rings (SSSR count). The average molecular weight is 420 g/mol. The highest BCUT2D eigenvalue weighted by Crippen LogP contribution is 2.35. The molecule has 150 valence electrons. The molecular formula is C19H15F3N4O2S. The quantitative estimate of drug-likeness (QED) is 0.531. The first kappa shape index (κ1) is 19.1. The Labute approximate surface area is 163 Å². The third-order valence-electron chi connectivity index (χ3n) is 4.48. The number of fused-ring (bicyclic) bond motifs is 3. The summed E-state index contributed by atoms with van der Waals surface area (Å²) in [6.07, 6.45) is -2.65. The molecule has 0 unspecified atom stereocenters. The minimum atomic E-state index is -4.42. The molecule has 0 saturated heterocycles. The van der Waals surface area contributed by atoms with Gasteiger partial charge in [0, 0.05) is 40.8 Å². The summed E-state index contributed by atoms with van der Waals surface area (Å²) in [5, 5.41) is 6.67. The van der Waals surface area contributed by atoms with E-state index in [9.17, 15) is 21.6 Å². The number of rotatable bonds is 4. The standard InChI is InChI=1S/C19H15F3N4O2S/c1-3-29(27,28)24-13-6-9-17-15(10-13)16-11-25(2)23-18(16)26(17)14-7-4-12(5-8-14)19(20,21)22/h3-11,24H,1H2,2H3. The van der Waals surface area contributed by atoms with Crippen molar-refractivity contribution in [3.8, 4) is 5.69 Å². The van der Waals surface area contributed by atoms with Crippen molar-refractivity contribution in [1.82, 2.24) is 14.3 Å². The molecule has 0 spiro atoms. The Morgan fingerprint density at radius 1 is 1.10 bits per heavy atom. The third-order valence-corrected chi connectivity index (χ3v) is 5.44. The Bertz CT molecular complexity index is 1350. The molecule has 0 bridgehead atoms. The maximum atomic E-state index is 12.9. The van der Waals surface area contributed by atoms with Crippen LogP contribution in [0.1, 0.15) is 5.56 Å². The Balaban J connectivity index is 1.92. The van der Waals surface area contributed by atoms with Crippen LogP contribution in [0.25, 0.3) is 27.6 Å². The molecule has 10 heteroatoms. The van der Waals surface area contributed by atoms with Crippen LogP contribution < -0.4 is 4.72 Å².